The maximum atomic E-state index is 12.0. The van der Waals surface area contributed by atoms with E-state index >= 15 is 0 Å². The number of rotatable bonds is 5. The summed E-state index contributed by atoms with van der Waals surface area (Å²) in [6.45, 7) is 2.48. The maximum absolute atomic E-state index is 12.0. The van der Waals surface area contributed by atoms with Crippen LogP contribution in [0.4, 0.5) is 5.69 Å². The average molecular weight is 277 g/mol. The number of nitrogens with one attached hydrogen (secondary N) is 2. The number of aromatic nitrogens is 2. The predicted octanol–water partition coefficient (Wildman–Crippen LogP) is 1.32. The zero-order valence-electron chi connectivity index (χ0n) is 10.5. The molecule has 2 aromatic rings. The second kappa shape index (κ2) is 6.26. The number of pyridine rings is 1. The van der Waals surface area contributed by atoms with Crippen LogP contribution in [-0.4, -0.2) is 15.9 Å². The van der Waals surface area contributed by atoms with Crippen LogP contribution in [0.5, 0.6) is 0 Å². The van der Waals surface area contributed by atoms with Crippen molar-refractivity contribution in [1.82, 2.24) is 15.3 Å². The summed E-state index contributed by atoms with van der Waals surface area (Å²) >= 11 is 1.60. The lowest BCUT2D eigenvalue weighted by Gasteiger charge is -2.07. The third-order valence-corrected chi connectivity index (χ3v) is 3.71. The van der Waals surface area contributed by atoms with Crippen LogP contribution in [-0.2, 0) is 13.0 Å². The Kier molecular flexibility index (Phi) is 4.43. The summed E-state index contributed by atoms with van der Waals surface area (Å²) < 4.78 is 0. The topological polar surface area (TPSA) is 92.9 Å². The van der Waals surface area contributed by atoms with E-state index in [0.717, 1.165) is 11.4 Å². The highest BCUT2D eigenvalue weighted by molar-refractivity contribution is 7.11. The molecule has 0 aromatic carbocycles. The Hall–Kier alpha value is -1.99. The first-order chi connectivity index (χ1) is 9.24. The van der Waals surface area contributed by atoms with Crippen molar-refractivity contribution in [3.05, 3.63) is 40.1 Å². The van der Waals surface area contributed by atoms with Crippen molar-refractivity contribution in [3.63, 3.8) is 0 Å². The Morgan fingerprint density at radius 2 is 2.32 bits per heavy atom. The maximum Gasteiger partial charge on any atom is 0.255 e. The van der Waals surface area contributed by atoms with Crippen LogP contribution in [0.25, 0.3) is 0 Å². The molecule has 4 N–H and O–H groups in total. The number of hydrogen-bond donors (Lipinski definition) is 3. The first-order valence-corrected chi connectivity index (χ1v) is 6.68. The molecule has 100 valence electrons. The van der Waals surface area contributed by atoms with Gasteiger partial charge in [0.25, 0.3) is 5.91 Å². The molecule has 0 aliphatic heterocycles. The van der Waals surface area contributed by atoms with Gasteiger partial charge in [-0.1, -0.05) is 6.92 Å². The Balaban J connectivity index is 2.01. The Labute approximate surface area is 115 Å². The molecular weight excluding hydrogens is 262 g/mol. The minimum absolute atomic E-state index is 0.228. The van der Waals surface area contributed by atoms with Gasteiger partial charge in [-0.05, 0) is 12.5 Å². The van der Waals surface area contributed by atoms with Crippen LogP contribution in [0, 0.1) is 0 Å². The fourth-order valence-corrected chi connectivity index (χ4v) is 2.35. The van der Waals surface area contributed by atoms with Crippen LogP contribution in [0.15, 0.2) is 24.7 Å². The van der Waals surface area contributed by atoms with Crippen molar-refractivity contribution in [2.24, 2.45) is 5.84 Å². The van der Waals surface area contributed by atoms with Gasteiger partial charge in [-0.25, -0.2) is 4.98 Å². The molecule has 0 radical (unpaired) electrons. The summed E-state index contributed by atoms with van der Waals surface area (Å²) in [6, 6.07) is 1.65. The van der Waals surface area contributed by atoms with E-state index in [1.165, 1.54) is 11.1 Å². The highest BCUT2D eigenvalue weighted by atomic mass is 32.1. The number of hydrogen-bond acceptors (Lipinski definition) is 6. The van der Waals surface area contributed by atoms with Crippen LogP contribution in [0.1, 0.15) is 27.2 Å². The molecule has 0 spiro atoms. The van der Waals surface area contributed by atoms with Crippen molar-refractivity contribution >= 4 is 22.9 Å². The molecule has 0 fully saturated rings. The summed E-state index contributed by atoms with van der Waals surface area (Å²) in [6.07, 6.45) is 5.84. The molecule has 0 unspecified atom stereocenters. The third kappa shape index (κ3) is 3.27. The lowest BCUT2D eigenvalue weighted by Crippen LogP contribution is -2.24. The van der Waals surface area contributed by atoms with Gasteiger partial charge >= 0.3 is 0 Å². The van der Waals surface area contributed by atoms with Gasteiger partial charge in [0.1, 0.15) is 5.01 Å². The van der Waals surface area contributed by atoms with Gasteiger partial charge in [0.2, 0.25) is 0 Å². The molecule has 2 rings (SSSR count). The van der Waals surface area contributed by atoms with E-state index in [1.807, 2.05) is 6.20 Å². The number of carbonyl (C=O) groups is 1. The second-order valence-corrected chi connectivity index (χ2v) is 5.02. The molecule has 1 amide bonds. The summed E-state index contributed by atoms with van der Waals surface area (Å²) in [5, 5.41) is 3.69. The van der Waals surface area contributed by atoms with E-state index < -0.39 is 0 Å². The molecule has 6 nitrogen and oxygen atoms in total. The molecule has 0 aliphatic rings. The number of thiazole rings is 1. The van der Waals surface area contributed by atoms with Crippen molar-refractivity contribution in [2.45, 2.75) is 19.9 Å². The minimum Gasteiger partial charge on any atom is -0.345 e. The smallest absolute Gasteiger partial charge is 0.255 e. The largest absolute Gasteiger partial charge is 0.345 e. The molecule has 0 aliphatic carbocycles. The fourth-order valence-electron chi connectivity index (χ4n) is 1.55. The number of carbonyl (C=O) groups excluding carboxylic acids is 1. The Morgan fingerprint density at radius 3 is 3.00 bits per heavy atom. The molecule has 0 saturated carbocycles. The van der Waals surface area contributed by atoms with Crippen molar-refractivity contribution in [2.75, 3.05) is 5.43 Å². The summed E-state index contributed by atoms with van der Waals surface area (Å²) in [4.78, 5) is 21.4. The third-order valence-electron chi connectivity index (χ3n) is 2.57. The van der Waals surface area contributed by atoms with Gasteiger partial charge in [0.05, 0.1) is 17.8 Å². The van der Waals surface area contributed by atoms with Gasteiger partial charge in [0.15, 0.2) is 0 Å². The predicted molar refractivity (Wildman–Crippen MR) is 74.7 cm³/mol. The normalized spacial score (nSPS) is 10.2. The van der Waals surface area contributed by atoms with Gasteiger partial charge < -0.3 is 10.7 Å². The van der Waals surface area contributed by atoms with Crippen molar-refractivity contribution in [3.8, 4) is 0 Å². The molecular formula is C12H15N5OS. The minimum atomic E-state index is -0.228. The zero-order valence-corrected chi connectivity index (χ0v) is 11.3. The van der Waals surface area contributed by atoms with Gasteiger partial charge in [-0.15, -0.1) is 11.3 Å². The van der Waals surface area contributed by atoms with E-state index in [2.05, 4.69) is 27.6 Å². The molecule has 0 saturated heterocycles. The molecule has 0 bridgehead atoms. The first kappa shape index (κ1) is 13.4. The molecule has 2 heterocycles. The Bertz CT molecular complexity index is 569. The van der Waals surface area contributed by atoms with Gasteiger partial charge in [-0.3, -0.25) is 15.6 Å². The standard InChI is InChI=1S/C12H15N5OS/c1-2-8-5-15-11(19-8)7-16-12(18)9-6-14-4-3-10(9)17-13/h3-6H,2,7,13H2,1H3,(H,14,17)(H,16,18). The zero-order chi connectivity index (χ0) is 13.7. The Morgan fingerprint density at radius 1 is 1.47 bits per heavy atom. The number of hydrazine groups is 1. The summed E-state index contributed by atoms with van der Waals surface area (Å²) in [7, 11) is 0. The molecule has 0 atom stereocenters. The molecule has 19 heavy (non-hydrogen) atoms. The summed E-state index contributed by atoms with van der Waals surface area (Å²) in [5.41, 5.74) is 3.43. The highest BCUT2D eigenvalue weighted by Gasteiger charge is 2.11. The van der Waals surface area contributed by atoms with Crippen molar-refractivity contribution < 1.29 is 4.79 Å². The van der Waals surface area contributed by atoms with Crippen LogP contribution < -0.4 is 16.6 Å². The van der Waals surface area contributed by atoms with E-state index in [-0.39, 0.29) is 5.91 Å². The van der Waals surface area contributed by atoms with Crippen LogP contribution in [0.2, 0.25) is 0 Å². The lowest BCUT2D eigenvalue weighted by atomic mass is 10.2. The SMILES string of the molecule is CCc1cnc(CNC(=O)c2cnccc2NN)s1. The number of anilines is 1. The van der Waals surface area contributed by atoms with Gasteiger partial charge in [0, 0.05) is 23.5 Å². The summed E-state index contributed by atoms with van der Waals surface area (Å²) in [5.74, 6) is 5.12. The number of nitrogens with zero attached hydrogens (tertiary/aromatic N) is 2. The van der Waals surface area contributed by atoms with E-state index in [1.54, 1.807) is 23.6 Å². The van der Waals surface area contributed by atoms with E-state index in [0.29, 0.717) is 17.8 Å². The first-order valence-electron chi connectivity index (χ1n) is 5.87. The quantitative estimate of drug-likeness (QED) is 0.566. The van der Waals surface area contributed by atoms with Crippen molar-refractivity contribution in [1.29, 1.82) is 0 Å². The number of aryl methyl sites for hydroxylation is 1. The van der Waals surface area contributed by atoms with E-state index in [9.17, 15) is 4.79 Å². The second-order valence-electron chi connectivity index (χ2n) is 3.82. The monoisotopic (exact) mass is 277 g/mol. The fraction of sp³-hybridized carbons (Fsp3) is 0.250. The number of amides is 1. The van der Waals surface area contributed by atoms with Crippen LogP contribution in [0.3, 0.4) is 0 Å². The van der Waals surface area contributed by atoms with Gasteiger partial charge in [-0.2, -0.15) is 0 Å². The molecule has 7 heteroatoms. The number of nitrogens with two attached hydrogens (primary N) is 1. The lowest BCUT2D eigenvalue weighted by molar-refractivity contribution is 0.0951. The average Bonchev–Trinajstić information content (AvgIpc) is 2.92. The van der Waals surface area contributed by atoms with E-state index in [4.69, 9.17) is 5.84 Å². The molecule has 2 aromatic heterocycles. The highest BCUT2D eigenvalue weighted by Crippen LogP contribution is 2.14. The van der Waals surface area contributed by atoms with Crippen LogP contribution >= 0.6 is 11.3 Å². The number of nitrogen functional groups attached to an aromatic ring is 1.